The van der Waals surface area contributed by atoms with Gasteiger partial charge < -0.3 is 9.84 Å². The van der Waals surface area contributed by atoms with Crippen molar-refractivity contribution in [1.82, 2.24) is 15.2 Å². The number of ether oxygens (including phenoxy) is 1. The van der Waals surface area contributed by atoms with Crippen molar-refractivity contribution in [2.45, 2.75) is 20.8 Å². The SMILES string of the molecule is Cc1nnc(Oc2cccc(C(=O)O)c2C)nc1C. The Labute approximate surface area is 110 Å². The summed E-state index contributed by atoms with van der Waals surface area (Å²) in [6.07, 6.45) is 0. The van der Waals surface area contributed by atoms with E-state index in [2.05, 4.69) is 15.2 Å². The number of carbonyl (C=O) groups is 1. The molecule has 0 atom stereocenters. The van der Waals surface area contributed by atoms with Crippen LogP contribution in [-0.4, -0.2) is 26.3 Å². The summed E-state index contributed by atoms with van der Waals surface area (Å²) in [6, 6.07) is 4.90. The van der Waals surface area contributed by atoms with Gasteiger partial charge in [0.25, 0.3) is 0 Å². The van der Waals surface area contributed by atoms with Gasteiger partial charge in [-0.3, -0.25) is 0 Å². The van der Waals surface area contributed by atoms with Crippen LogP contribution in [0, 0.1) is 20.8 Å². The Morgan fingerprint density at radius 2 is 1.89 bits per heavy atom. The average molecular weight is 259 g/mol. The number of aromatic carboxylic acids is 1. The third-order valence-corrected chi connectivity index (χ3v) is 2.79. The van der Waals surface area contributed by atoms with Crippen LogP contribution in [0.5, 0.6) is 11.8 Å². The van der Waals surface area contributed by atoms with E-state index in [9.17, 15) is 4.79 Å². The van der Waals surface area contributed by atoms with Crippen molar-refractivity contribution in [3.63, 3.8) is 0 Å². The molecule has 0 fully saturated rings. The van der Waals surface area contributed by atoms with Gasteiger partial charge in [0.15, 0.2) is 0 Å². The zero-order chi connectivity index (χ0) is 14.0. The van der Waals surface area contributed by atoms with E-state index in [4.69, 9.17) is 9.84 Å². The van der Waals surface area contributed by atoms with E-state index >= 15 is 0 Å². The minimum atomic E-state index is -0.998. The van der Waals surface area contributed by atoms with E-state index in [-0.39, 0.29) is 11.6 Å². The molecule has 0 aliphatic heterocycles. The molecule has 0 unspecified atom stereocenters. The normalized spacial score (nSPS) is 10.3. The molecule has 1 aromatic carbocycles. The molecule has 0 aliphatic rings. The molecule has 6 heteroatoms. The lowest BCUT2D eigenvalue weighted by Gasteiger charge is -2.09. The monoisotopic (exact) mass is 259 g/mol. The van der Waals surface area contributed by atoms with E-state index in [1.807, 2.05) is 0 Å². The number of carboxylic acids is 1. The van der Waals surface area contributed by atoms with Gasteiger partial charge in [-0.25, -0.2) is 4.79 Å². The summed E-state index contributed by atoms with van der Waals surface area (Å²) in [6.45, 7) is 5.28. The third-order valence-electron chi connectivity index (χ3n) is 2.79. The van der Waals surface area contributed by atoms with E-state index < -0.39 is 5.97 Å². The standard InChI is InChI=1S/C13H13N3O3/c1-7-10(12(17)18)5-4-6-11(7)19-13-14-8(2)9(3)15-16-13/h4-6H,1-3H3,(H,17,18). The minimum absolute atomic E-state index is 0.105. The van der Waals surface area contributed by atoms with E-state index in [1.165, 1.54) is 6.07 Å². The fourth-order valence-corrected chi connectivity index (χ4v) is 1.54. The van der Waals surface area contributed by atoms with Gasteiger partial charge in [0.05, 0.1) is 17.0 Å². The predicted molar refractivity (Wildman–Crippen MR) is 67.5 cm³/mol. The first-order valence-electron chi connectivity index (χ1n) is 5.67. The number of benzene rings is 1. The van der Waals surface area contributed by atoms with Gasteiger partial charge >= 0.3 is 12.0 Å². The highest BCUT2D eigenvalue weighted by molar-refractivity contribution is 5.90. The molecule has 0 radical (unpaired) electrons. The number of nitrogens with zero attached hydrogens (tertiary/aromatic N) is 3. The fourth-order valence-electron chi connectivity index (χ4n) is 1.54. The molecule has 0 saturated carbocycles. The Kier molecular flexibility index (Phi) is 3.41. The zero-order valence-electron chi connectivity index (χ0n) is 10.8. The van der Waals surface area contributed by atoms with Gasteiger partial charge in [-0.15, -0.1) is 5.10 Å². The van der Waals surface area contributed by atoms with Crippen LogP contribution in [0.3, 0.4) is 0 Å². The van der Waals surface area contributed by atoms with Crippen LogP contribution in [0.2, 0.25) is 0 Å². The first kappa shape index (κ1) is 12.9. The van der Waals surface area contributed by atoms with Gasteiger partial charge in [0.2, 0.25) is 0 Å². The zero-order valence-corrected chi connectivity index (χ0v) is 10.8. The summed E-state index contributed by atoms with van der Waals surface area (Å²) in [4.78, 5) is 15.2. The number of hydrogen-bond donors (Lipinski definition) is 1. The Bertz CT molecular complexity index is 641. The second-order valence-corrected chi connectivity index (χ2v) is 4.10. The summed E-state index contributed by atoms with van der Waals surface area (Å²) in [5.74, 6) is -0.591. The second-order valence-electron chi connectivity index (χ2n) is 4.10. The highest BCUT2D eigenvalue weighted by atomic mass is 16.5. The van der Waals surface area contributed by atoms with Crippen molar-refractivity contribution < 1.29 is 14.6 Å². The van der Waals surface area contributed by atoms with Crippen molar-refractivity contribution in [1.29, 1.82) is 0 Å². The lowest BCUT2D eigenvalue weighted by Crippen LogP contribution is -2.03. The molecule has 0 bridgehead atoms. The van der Waals surface area contributed by atoms with Crippen molar-refractivity contribution in [3.8, 4) is 11.8 Å². The van der Waals surface area contributed by atoms with Crippen LogP contribution in [0.25, 0.3) is 0 Å². The van der Waals surface area contributed by atoms with Crippen LogP contribution >= 0.6 is 0 Å². The van der Waals surface area contributed by atoms with Gasteiger partial charge in [-0.2, -0.15) is 4.98 Å². The van der Waals surface area contributed by atoms with Crippen LogP contribution in [0.4, 0.5) is 0 Å². The molecule has 1 N–H and O–H groups in total. The molecule has 6 nitrogen and oxygen atoms in total. The average Bonchev–Trinajstić information content (AvgIpc) is 2.36. The largest absolute Gasteiger partial charge is 0.478 e. The molecule has 2 rings (SSSR count). The van der Waals surface area contributed by atoms with E-state index in [0.29, 0.717) is 11.3 Å². The summed E-state index contributed by atoms with van der Waals surface area (Å²) in [5, 5.41) is 16.8. The number of rotatable bonds is 3. The van der Waals surface area contributed by atoms with Crippen LogP contribution in [0.1, 0.15) is 27.3 Å². The maximum absolute atomic E-state index is 11.0. The minimum Gasteiger partial charge on any atom is -0.478 e. The summed E-state index contributed by atoms with van der Waals surface area (Å²) in [5.41, 5.74) is 2.16. The van der Waals surface area contributed by atoms with Gasteiger partial charge in [-0.05, 0) is 32.9 Å². The topological polar surface area (TPSA) is 85.2 Å². The molecule has 0 spiro atoms. The molecule has 98 valence electrons. The second kappa shape index (κ2) is 5.01. The Morgan fingerprint density at radius 1 is 1.16 bits per heavy atom. The lowest BCUT2D eigenvalue weighted by molar-refractivity contribution is 0.0695. The molecule has 19 heavy (non-hydrogen) atoms. The maximum Gasteiger partial charge on any atom is 0.341 e. The van der Waals surface area contributed by atoms with E-state index in [1.54, 1.807) is 32.9 Å². The summed E-state index contributed by atoms with van der Waals surface area (Å²) >= 11 is 0. The number of carboxylic acid groups (broad SMARTS) is 1. The van der Waals surface area contributed by atoms with E-state index in [0.717, 1.165) is 11.4 Å². The van der Waals surface area contributed by atoms with Crippen molar-refractivity contribution >= 4 is 5.97 Å². The molecule has 1 aromatic heterocycles. The van der Waals surface area contributed by atoms with Crippen LogP contribution in [-0.2, 0) is 0 Å². The van der Waals surface area contributed by atoms with Gasteiger partial charge in [0.1, 0.15) is 5.75 Å². The van der Waals surface area contributed by atoms with Crippen LogP contribution in [0.15, 0.2) is 18.2 Å². The molecular formula is C13H13N3O3. The number of aromatic nitrogens is 3. The highest BCUT2D eigenvalue weighted by Crippen LogP contribution is 2.25. The first-order chi connectivity index (χ1) is 8.99. The fraction of sp³-hybridized carbons (Fsp3) is 0.231. The van der Waals surface area contributed by atoms with Crippen molar-refractivity contribution in [2.24, 2.45) is 0 Å². The molecule has 2 aromatic rings. The molecule has 0 amide bonds. The quantitative estimate of drug-likeness (QED) is 0.910. The van der Waals surface area contributed by atoms with Gasteiger partial charge in [-0.1, -0.05) is 11.2 Å². The molecule has 1 heterocycles. The number of hydrogen-bond acceptors (Lipinski definition) is 5. The van der Waals surface area contributed by atoms with Crippen molar-refractivity contribution in [3.05, 3.63) is 40.7 Å². The molecular weight excluding hydrogens is 246 g/mol. The maximum atomic E-state index is 11.0. The third kappa shape index (κ3) is 2.67. The van der Waals surface area contributed by atoms with Gasteiger partial charge in [0, 0.05) is 5.56 Å². The number of aryl methyl sites for hydroxylation is 2. The Morgan fingerprint density at radius 3 is 2.53 bits per heavy atom. The predicted octanol–water partition coefficient (Wildman–Crippen LogP) is 2.29. The summed E-state index contributed by atoms with van der Waals surface area (Å²) in [7, 11) is 0. The first-order valence-corrected chi connectivity index (χ1v) is 5.67. The molecule has 0 aliphatic carbocycles. The Balaban J connectivity index is 2.35. The van der Waals surface area contributed by atoms with Crippen molar-refractivity contribution in [2.75, 3.05) is 0 Å². The summed E-state index contributed by atoms with van der Waals surface area (Å²) < 4.78 is 5.49. The smallest absolute Gasteiger partial charge is 0.341 e. The molecule has 0 saturated heterocycles. The highest BCUT2D eigenvalue weighted by Gasteiger charge is 2.13. The Hall–Kier alpha value is -2.50. The van der Waals surface area contributed by atoms with Crippen LogP contribution < -0.4 is 4.74 Å². The lowest BCUT2D eigenvalue weighted by atomic mass is 10.1.